The van der Waals surface area contributed by atoms with Gasteiger partial charge >= 0.3 is 5.97 Å². The number of esters is 1. The van der Waals surface area contributed by atoms with Gasteiger partial charge in [0, 0.05) is 32.4 Å². The molecule has 0 N–H and O–H groups in total. The van der Waals surface area contributed by atoms with Gasteiger partial charge in [0.15, 0.2) is 0 Å². The zero-order valence-corrected chi connectivity index (χ0v) is 12.5. The molecular formula is C16H23NO3. The molecule has 0 aromatic heterocycles. The number of methoxy groups -OCH3 is 1. The molecule has 1 heterocycles. The summed E-state index contributed by atoms with van der Waals surface area (Å²) in [5.74, 6) is 0.684. The zero-order chi connectivity index (χ0) is 14.6. The van der Waals surface area contributed by atoms with Crippen LogP contribution < -0.4 is 4.74 Å². The van der Waals surface area contributed by atoms with Crippen LogP contribution in [0.5, 0.6) is 5.75 Å². The van der Waals surface area contributed by atoms with Gasteiger partial charge in [0.05, 0.1) is 7.11 Å². The van der Waals surface area contributed by atoms with E-state index < -0.39 is 5.60 Å². The first kappa shape index (κ1) is 14.9. The lowest BCUT2D eigenvalue weighted by molar-refractivity contribution is -0.166. The normalized spacial score (nSPS) is 18.6. The van der Waals surface area contributed by atoms with Crippen molar-refractivity contribution in [1.29, 1.82) is 0 Å². The summed E-state index contributed by atoms with van der Waals surface area (Å²) in [5, 5.41) is 0. The first-order valence-corrected chi connectivity index (χ1v) is 7.14. The van der Waals surface area contributed by atoms with E-state index in [1.54, 1.807) is 7.11 Å². The topological polar surface area (TPSA) is 38.8 Å². The molecule has 0 bridgehead atoms. The van der Waals surface area contributed by atoms with Crippen LogP contribution in [0.15, 0.2) is 24.3 Å². The molecule has 1 aliphatic rings. The number of carbonyl (C=O) groups excluding carboxylic acids is 1. The second kappa shape index (κ2) is 6.27. The summed E-state index contributed by atoms with van der Waals surface area (Å²) < 4.78 is 11.0. The SMILES string of the molecule is CCC(=O)OC1(c2ccc(OC)cc2)CCN(C)CC1. The molecule has 2 rings (SSSR count). The molecule has 1 aliphatic heterocycles. The van der Waals surface area contributed by atoms with Crippen molar-refractivity contribution in [2.75, 3.05) is 27.2 Å². The fourth-order valence-electron chi connectivity index (χ4n) is 2.61. The van der Waals surface area contributed by atoms with Crippen molar-refractivity contribution in [3.63, 3.8) is 0 Å². The van der Waals surface area contributed by atoms with E-state index >= 15 is 0 Å². The second-order valence-corrected chi connectivity index (χ2v) is 5.35. The average molecular weight is 277 g/mol. The maximum atomic E-state index is 11.8. The number of piperidine rings is 1. The Balaban J connectivity index is 2.27. The van der Waals surface area contributed by atoms with Gasteiger partial charge in [-0.05, 0) is 24.7 Å². The highest BCUT2D eigenvalue weighted by atomic mass is 16.6. The monoisotopic (exact) mass is 277 g/mol. The lowest BCUT2D eigenvalue weighted by Crippen LogP contribution is -2.43. The van der Waals surface area contributed by atoms with Gasteiger partial charge in [-0.1, -0.05) is 19.1 Å². The van der Waals surface area contributed by atoms with Gasteiger partial charge in [-0.25, -0.2) is 0 Å². The van der Waals surface area contributed by atoms with Crippen LogP contribution >= 0.6 is 0 Å². The molecule has 0 unspecified atom stereocenters. The predicted octanol–water partition coefficient (Wildman–Crippen LogP) is 2.57. The Morgan fingerprint density at radius 3 is 2.35 bits per heavy atom. The van der Waals surface area contributed by atoms with Crippen LogP contribution in [0.2, 0.25) is 0 Å². The van der Waals surface area contributed by atoms with Crippen LogP contribution in [-0.2, 0) is 15.1 Å². The lowest BCUT2D eigenvalue weighted by Gasteiger charge is -2.40. The highest BCUT2D eigenvalue weighted by molar-refractivity contribution is 5.69. The highest BCUT2D eigenvalue weighted by Gasteiger charge is 2.38. The fourth-order valence-corrected chi connectivity index (χ4v) is 2.61. The first-order chi connectivity index (χ1) is 9.59. The molecular weight excluding hydrogens is 254 g/mol. The number of nitrogens with zero attached hydrogens (tertiary/aromatic N) is 1. The van der Waals surface area contributed by atoms with Gasteiger partial charge in [-0.3, -0.25) is 4.79 Å². The molecule has 20 heavy (non-hydrogen) atoms. The van der Waals surface area contributed by atoms with E-state index in [2.05, 4.69) is 11.9 Å². The van der Waals surface area contributed by atoms with Crippen LogP contribution in [0.3, 0.4) is 0 Å². The number of hydrogen-bond donors (Lipinski definition) is 0. The molecule has 0 spiro atoms. The van der Waals surface area contributed by atoms with E-state index in [-0.39, 0.29) is 5.97 Å². The Bertz CT molecular complexity index is 447. The Hall–Kier alpha value is -1.55. The minimum absolute atomic E-state index is 0.134. The third-order valence-corrected chi connectivity index (χ3v) is 4.01. The van der Waals surface area contributed by atoms with E-state index in [1.807, 2.05) is 31.2 Å². The van der Waals surface area contributed by atoms with Crippen LogP contribution in [0.25, 0.3) is 0 Å². The van der Waals surface area contributed by atoms with Crippen molar-refractivity contribution >= 4 is 5.97 Å². The predicted molar refractivity (Wildman–Crippen MR) is 77.8 cm³/mol. The summed E-state index contributed by atoms with van der Waals surface area (Å²) in [6, 6.07) is 7.87. The molecule has 4 nitrogen and oxygen atoms in total. The summed E-state index contributed by atoms with van der Waals surface area (Å²) in [6.07, 6.45) is 2.08. The van der Waals surface area contributed by atoms with Gasteiger partial charge in [0.25, 0.3) is 0 Å². The molecule has 0 aliphatic carbocycles. The minimum atomic E-state index is -0.480. The summed E-state index contributed by atoms with van der Waals surface area (Å²) in [6.45, 7) is 3.70. The third-order valence-electron chi connectivity index (χ3n) is 4.01. The van der Waals surface area contributed by atoms with Crippen molar-refractivity contribution in [3.05, 3.63) is 29.8 Å². The van der Waals surface area contributed by atoms with Crippen LogP contribution in [0.4, 0.5) is 0 Å². The minimum Gasteiger partial charge on any atom is -0.497 e. The summed E-state index contributed by atoms with van der Waals surface area (Å²) >= 11 is 0. The third kappa shape index (κ3) is 3.12. The zero-order valence-electron chi connectivity index (χ0n) is 12.5. The van der Waals surface area contributed by atoms with E-state index in [4.69, 9.17) is 9.47 Å². The summed E-state index contributed by atoms with van der Waals surface area (Å²) in [4.78, 5) is 14.1. The second-order valence-electron chi connectivity index (χ2n) is 5.35. The smallest absolute Gasteiger partial charge is 0.306 e. The first-order valence-electron chi connectivity index (χ1n) is 7.14. The van der Waals surface area contributed by atoms with E-state index in [0.717, 1.165) is 37.2 Å². The molecule has 1 saturated heterocycles. The largest absolute Gasteiger partial charge is 0.497 e. The Morgan fingerprint density at radius 2 is 1.85 bits per heavy atom. The molecule has 0 atom stereocenters. The molecule has 1 fully saturated rings. The number of likely N-dealkylation sites (tertiary alicyclic amines) is 1. The van der Waals surface area contributed by atoms with Crippen LogP contribution in [0.1, 0.15) is 31.7 Å². The van der Waals surface area contributed by atoms with Gasteiger partial charge in [0.1, 0.15) is 11.4 Å². The Kier molecular flexibility index (Phi) is 4.65. The molecule has 1 aromatic carbocycles. The number of ether oxygens (including phenoxy) is 2. The summed E-state index contributed by atoms with van der Waals surface area (Å²) in [7, 11) is 3.75. The maximum absolute atomic E-state index is 11.8. The van der Waals surface area contributed by atoms with Crippen molar-refractivity contribution in [3.8, 4) is 5.75 Å². The van der Waals surface area contributed by atoms with E-state index in [1.165, 1.54) is 0 Å². The lowest BCUT2D eigenvalue weighted by atomic mass is 9.84. The molecule has 4 heteroatoms. The maximum Gasteiger partial charge on any atom is 0.306 e. The summed E-state index contributed by atoms with van der Waals surface area (Å²) in [5.41, 5.74) is 0.583. The van der Waals surface area contributed by atoms with Crippen molar-refractivity contribution in [2.24, 2.45) is 0 Å². The highest BCUT2D eigenvalue weighted by Crippen LogP contribution is 2.37. The quantitative estimate of drug-likeness (QED) is 0.793. The van der Waals surface area contributed by atoms with Crippen LogP contribution in [0, 0.1) is 0 Å². The van der Waals surface area contributed by atoms with Gasteiger partial charge < -0.3 is 14.4 Å². The average Bonchev–Trinajstić information content (AvgIpc) is 2.50. The van der Waals surface area contributed by atoms with Gasteiger partial charge in [-0.15, -0.1) is 0 Å². The van der Waals surface area contributed by atoms with Crippen molar-refractivity contribution in [1.82, 2.24) is 4.90 Å². The molecule has 1 aromatic rings. The molecule has 0 radical (unpaired) electrons. The van der Waals surface area contributed by atoms with Gasteiger partial charge in [0.2, 0.25) is 0 Å². The fraction of sp³-hybridized carbons (Fsp3) is 0.562. The number of rotatable bonds is 4. The number of carbonyl (C=O) groups is 1. The van der Waals surface area contributed by atoms with E-state index in [0.29, 0.717) is 6.42 Å². The molecule has 0 saturated carbocycles. The van der Waals surface area contributed by atoms with Gasteiger partial charge in [-0.2, -0.15) is 0 Å². The Morgan fingerprint density at radius 1 is 1.25 bits per heavy atom. The van der Waals surface area contributed by atoms with E-state index in [9.17, 15) is 4.79 Å². The van der Waals surface area contributed by atoms with Crippen LogP contribution in [-0.4, -0.2) is 38.1 Å². The number of benzene rings is 1. The van der Waals surface area contributed by atoms with Crippen molar-refractivity contribution < 1.29 is 14.3 Å². The standard InChI is InChI=1S/C16H23NO3/c1-4-15(18)20-16(9-11-17(2)12-10-16)13-5-7-14(19-3)8-6-13/h5-8H,4,9-12H2,1-3H3. The Labute approximate surface area is 120 Å². The molecule has 0 amide bonds. The molecule has 110 valence electrons. The number of hydrogen-bond acceptors (Lipinski definition) is 4. The van der Waals surface area contributed by atoms with Crippen molar-refractivity contribution in [2.45, 2.75) is 31.8 Å².